The maximum atomic E-state index is 11.4. The van der Waals surface area contributed by atoms with Crippen LogP contribution < -0.4 is 9.80 Å². The predicted molar refractivity (Wildman–Crippen MR) is 89.2 cm³/mol. The fourth-order valence-corrected chi connectivity index (χ4v) is 3.04. The topological polar surface area (TPSA) is 26.8 Å². The molecule has 0 N–H and O–H groups in total. The van der Waals surface area contributed by atoms with Gasteiger partial charge >= 0.3 is 0 Å². The molecule has 1 aliphatic rings. The lowest BCUT2D eigenvalue weighted by Crippen LogP contribution is -2.48. The van der Waals surface area contributed by atoms with Crippen molar-refractivity contribution in [1.82, 2.24) is 4.90 Å². The minimum Gasteiger partial charge on any atom is -0.372 e. The van der Waals surface area contributed by atoms with Crippen molar-refractivity contribution < 1.29 is 4.79 Å². The van der Waals surface area contributed by atoms with Crippen LogP contribution in [0.3, 0.4) is 0 Å². The Hall–Kier alpha value is -1.71. The van der Waals surface area contributed by atoms with Crippen molar-refractivity contribution in [3.05, 3.63) is 23.8 Å². The molecule has 0 saturated carbocycles. The van der Waals surface area contributed by atoms with Crippen molar-refractivity contribution in [2.24, 2.45) is 0 Å². The van der Waals surface area contributed by atoms with Gasteiger partial charge in [0, 0.05) is 57.6 Å². The van der Waals surface area contributed by atoms with E-state index in [2.05, 4.69) is 48.8 Å². The lowest BCUT2D eigenvalue weighted by atomic mass is 10.1. The van der Waals surface area contributed by atoms with Gasteiger partial charge in [0.2, 0.25) is 5.91 Å². The Bertz CT molecular complexity index is 489. The predicted octanol–water partition coefficient (Wildman–Crippen LogP) is 2.51. The summed E-state index contributed by atoms with van der Waals surface area (Å²) < 4.78 is 0. The molecule has 1 aromatic rings. The van der Waals surface area contributed by atoms with Crippen molar-refractivity contribution in [3.63, 3.8) is 0 Å². The number of hydrogen-bond acceptors (Lipinski definition) is 3. The summed E-state index contributed by atoms with van der Waals surface area (Å²) in [6.07, 6.45) is 0. The minimum absolute atomic E-state index is 0.184. The average molecular weight is 289 g/mol. The van der Waals surface area contributed by atoms with Gasteiger partial charge in [-0.3, -0.25) is 4.79 Å². The molecule has 2 rings (SSSR count). The highest BCUT2D eigenvalue weighted by Gasteiger charge is 2.20. The van der Waals surface area contributed by atoms with Crippen LogP contribution in [0.1, 0.15) is 26.3 Å². The standard InChI is InChI=1S/C17H27N3O/c1-5-18(6-2)16-7-8-17(14(3)13-16)20-11-9-19(10-12-20)15(4)21/h7-8,13H,5-6,9-12H2,1-4H3. The molecule has 0 atom stereocenters. The van der Waals surface area contributed by atoms with E-state index in [-0.39, 0.29) is 5.91 Å². The van der Waals surface area contributed by atoms with Crippen molar-refractivity contribution in [3.8, 4) is 0 Å². The molecular weight excluding hydrogens is 262 g/mol. The summed E-state index contributed by atoms with van der Waals surface area (Å²) in [7, 11) is 0. The lowest BCUT2D eigenvalue weighted by Gasteiger charge is -2.36. The maximum absolute atomic E-state index is 11.4. The largest absolute Gasteiger partial charge is 0.372 e. The fourth-order valence-electron chi connectivity index (χ4n) is 3.04. The molecule has 4 nitrogen and oxygen atoms in total. The summed E-state index contributed by atoms with van der Waals surface area (Å²) in [5.41, 5.74) is 3.91. The van der Waals surface area contributed by atoms with Crippen molar-refractivity contribution in [1.29, 1.82) is 0 Å². The third kappa shape index (κ3) is 3.49. The molecule has 1 heterocycles. The SMILES string of the molecule is CCN(CC)c1ccc(N2CCN(C(C)=O)CC2)c(C)c1. The molecule has 0 spiro atoms. The molecule has 1 amide bonds. The molecule has 0 unspecified atom stereocenters. The third-order valence-electron chi connectivity index (χ3n) is 4.37. The molecule has 1 saturated heterocycles. The number of rotatable bonds is 4. The second-order valence-corrected chi connectivity index (χ2v) is 5.64. The second kappa shape index (κ2) is 6.83. The Balaban J connectivity index is 2.10. The summed E-state index contributed by atoms with van der Waals surface area (Å²) in [6.45, 7) is 13.8. The number of nitrogens with zero attached hydrogens (tertiary/aromatic N) is 3. The van der Waals surface area contributed by atoms with Crippen LogP contribution in [0.15, 0.2) is 18.2 Å². The normalized spacial score (nSPS) is 15.2. The highest BCUT2D eigenvalue weighted by Crippen LogP contribution is 2.26. The van der Waals surface area contributed by atoms with Crippen LogP contribution in [0, 0.1) is 6.92 Å². The van der Waals surface area contributed by atoms with E-state index in [9.17, 15) is 4.79 Å². The van der Waals surface area contributed by atoms with Gasteiger partial charge in [-0.25, -0.2) is 0 Å². The van der Waals surface area contributed by atoms with E-state index in [0.29, 0.717) is 0 Å². The molecule has 4 heteroatoms. The summed E-state index contributed by atoms with van der Waals surface area (Å²) >= 11 is 0. The van der Waals surface area contributed by atoms with Crippen molar-refractivity contribution in [2.45, 2.75) is 27.7 Å². The Morgan fingerprint density at radius 2 is 1.76 bits per heavy atom. The van der Waals surface area contributed by atoms with Crippen LogP contribution in [-0.2, 0) is 4.79 Å². The van der Waals surface area contributed by atoms with Gasteiger partial charge in [-0.2, -0.15) is 0 Å². The van der Waals surface area contributed by atoms with Crippen LogP contribution in [0.4, 0.5) is 11.4 Å². The van der Waals surface area contributed by atoms with Crippen LogP contribution in [-0.4, -0.2) is 50.1 Å². The van der Waals surface area contributed by atoms with Gasteiger partial charge in [0.1, 0.15) is 0 Å². The Morgan fingerprint density at radius 1 is 1.14 bits per heavy atom. The molecule has 1 aliphatic heterocycles. The van der Waals surface area contributed by atoms with Gasteiger partial charge in [-0.1, -0.05) is 0 Å². The number of hydrogen-bond donors (Lipinski definition) is 0. The van der Waals surface area contributed by atoms with Gasteiger partial charge < -0.3 is 14.7 Å². The number of anilines is 2. The van der Waals surface area contributed by atoms with Gasteiger partial charge in [-0.15, -0.1) is 0 Å². The molecule has 1 aromatic carbocycles. The molecule has 0 aromatic heterocycles. The van der Waals surface area contributed by atoms with Crippen molar-refractivity contribution >= 4 is 17.3 Å². The zero-order valence-electron chi connectivity index (χ0n) is 13.7. The van der Waals surface area contributed by atoms with E-state index in [0.717, 1.165) is 39.3 Å². The average Bonchev–Trinajstić information content (AvgIpc) is 2.49. The number of piperazine rings is 1. The van der Waals surface area contributed by atoms with Gasteiger partial charge in [-0.05, 0) is 44.5 Å². The van der Waals surface area contributed by atoms with Crippen LogP contribution >= 0.6 is 0 Å². The molecule has 0 radical (unpaired) electrons. The fraction of sp³-hybridized carbons (Fsp3) is 0.588. The van der Waals surface area contributed by atoms with E-state index in [1.165, 1.54) is 16.9 Å². The highest BCUT2D eigenvalue weighted by atomic mass is 16.2. The number of benzene rings is 1. The summed E-state index contributed by atoms with van der Waals surface area (Å²) in [5.74, 6) is 0.184. The number of aryl methyl sites for hydroxylation is 1. The first kappa shape index (κ1) is 15.7. The van der Waals surface area contributed by atoms with E-state index in [1.807, 2.05) is 4.90 Å². The molecule has 0 aliphatic carbocycles. The molecule has 1 fully saturated rings. The van der Waals surface area contributed by atoms with E-state index in [4.69, 9.17) is 0 Å². The van der Waals surface area contributed by atoms with E-state index >= 15 is 0 Å². The highest BCUT2D eigenvalue weighted by molar-refractivity contribution is 5.73. The maximum Gasteiger partial charge on any atom is 0.219 e. The first-order chi connectivity index (χ1) is 10.1. The Kier molecular flexibility index (Phi) is 5.10. The monoisotopic (exact) mass is 289 g/mol. The van der Waals surface area contributed by atoms with E-state index in [1.54, 1.807) is 6.92 Å². The van der Waals surface area contributed by atoms with Crippen molar-refractivity contribution in [2.75, 3.05) is 49.1 Å². The molecule has 21 heavy (non-hydrogen) atoms. The number of carbonyl (C=O) groups excluding carboxylic acids is 1. The van der Waals surface area contributed by atoms with Crippen LogP contribution in [0.25, 0.3) is 0 Å². The summed E-state index contributed by atoms with van der Waals surface area (Å²) in [6, 6.07) is 6.72. The molecular formula is C17H27N3O. The molecule has 116 valence electrons. The number of carbonyl (C=O) groups is 1. The zero-order valence-corrected chi connectivity index (χ0v) is 13.7. The van der Waals surface area contributed by atoms with Gasteiger partial charge in [0.15, 0.2) is 0 Å². The van der Waals surface area contributed by atoms with Crippen LogP contribution in [0.2, 0.25) is 0 Å². The number of amides is 1. The smallest absolute Gasteiger partial charge is 0.219 e. The Labute approximate surface area is 128 Å². The summed E-state index contributed by atoms with van der Waals surface area (Å²) in [5, 5.41) is 0. The van der Waals surface area contributed by atoms with Gasteiger partial charge in [0.05, 0.1) is 0 Å². The zero-order chi connectivity index (χ0) is 15.4. The second-order valence-electron chi connectivity index (χ2n) is 5.64. The minimum atomic E-state index is 0.184. The first-order valence-electron chi connectivity index (χ1n) is 7.92. The van der Waals surface area contributed by atoms with E-state index < -0.39 is 0 Å². The first-order valence-corrected chi connectivity index (χ1v) is 7.92. The lowest BCUT2D eigenvalue weighted by molar-refractivity contribution is -0.129. The third-order valence-corrected chi connectivity index (χ3v) is 4.37. The Morgan fingerprint density at radius 3 is 2.24 bits per heavy atom. The van der Waals surface area contributed by atoms with Crippen LogP contribution in [0.5, 0.6) is 0 Å². The molecule has 0 bridgehead atoms. The quantitative estimate of drug-likeness (QED) is 0.852. The summed E-state index contributed by atoms with van der Waals surface area (Å²) in [4.78, 5) is 18.1. The van der Waals surface area contributed by atoms with Gasteiger partial charge in [0.25, 0.3) is 0 Å².